The number of nitrogens with one attached hydrogen (secondary N) is 1. The lowest BCUT2D eigenvalue weighted by molar-refractivity contribution is 0.0947. The Balaban J connectivity index is 1.92. The van der Waals surface area contributed by atoms with Crippen molar-refractivity contribution in [2.45, 2.75) is 6.04 Å². The molecular weight excluding hydrogens is 333 g/mol. The number of hydrogen-bond acceptors (Lipinski definition) is 2. The van der Waals surface area contributed by atoms with E-state index in [1.807, 2.05) is 30.3 Å². The average molecular weight is 346 g/mol. The standard InChI is InChI=1S/C18H13ClFNOS/c19-16-11-10-15(23-16)18(22)21-17(12-4-2-1-3-5-12)13-6-8-14(20)9-7-13/h1-11,17H,(H,21,22). The Morgan fingerprint density at radius 1 is 0.957 bits per heavy atom. The van der Waals surface area contributed by atoms with E-state index in [0.717, 1.165) is 11.1 Å². The molecule has 1 aromatic heterocycles. The summed E-state index contributed by atoms with van der Waals surface area (Å²) < 4.78 is 13.7. The molecule has 1 amide bonds. The lowest BCUT2D eigenvalue weighted by Gasteiger charge is -2.19. The van der Waals surface area contributed by atoms with E-state index in [1.165, 1.54) is 23.5 Å². The summed E-state index contributed by atoms with van der Waals surface area (Å²) >= 11 is 7.11. The van der Waals surface area contributed by atoms with Crippen LogP contribution in [0.15, 0.2) is 66.7 Å². The van der Waals surface area contributed by atoms with Gasteiger partial charge in [-0.1, -0.05) is 54.1 Å². The molecule has 116 valence electrons. The van der Waals surface area contributed by atoms with Crippen LogP contribution >= 0.6 is 22.9 Å². The summed E-state index contributed by atoms with van der Waals surface area (Å²) in [5, 5.41) is 2.99. The Kier molecular flexibility index (Phi) is 4.74. The summed E-state index contributed by atoms with van der Waals surface area (Å²) in [5.41, 5.74) is 1.74. The van der Waals surface area contributed by atoms with Crippen molar-refractivity contribution in [3.05, 3.63) is 92.9 Å². The third-order valence-electron chi connectivity index (χ3n) is 3.41. The van der Waals surface area contributed by atoms with Crippen molar-refractivity contribution in [1.82, 2.24) is 5.32 Å². The van der Waals surface area contributed by atoms with Crippen molar-refractivity contribution >= 4 is 28.8 Å². The molecule has 0 fully saturated rings. The molecule has 3 rings (SSSR count). The van der Waals surface area contributed by atoms with E-state index >= 15 is 0 Å². The van der Waals surface area contributed by atoms with Gasteiger partial charge in [0.1, 0.15) is 5.82 Å². The Morgan fingerprint density at radius 3 is 2.22 bits per heavy atom. The minimum absolute atomic E-state index is 0.208. The Bertz CT molecular complexity index is 801. The van der Waals surface area contributed by atoms with Crippen molar-refractivity contribution in [1.29, 1.82) is 0 Å². The molecule has 0 bridgehead atoms. The molecular formula is C18H13ClFNOS. The molecule has 2 nitrogen and oxygen atoms in total. The van der Waals surface area contributed by atoms with Crippen LogP contribution in [0.4, 0.5) is 4.39 Å². The van der Waals surface area contributed by atoms with Gasteiger partial charge in [0, 0.05) is 0 Å². The van der Waals surface area contributed by atoms with Gasteiger partial charge in [-0.2, -0.15) is 0 Å². The number of carbonyl (C=O) groups excluding carboxylic acids is 1. The number of amides is 1. The Hall–Kier alpha value is -2.17. The van der Waals surface area contributed by atoms with Crippen LogP contribution in [0.25, 0.3) is 0 Å². The maximum atomic E-state index is 13.2. The van der Waals surface area contributed by atoms with Crippen LogP contribution in [-0.2, 0) is 0 Å². The van der Waals surface area contributed by atoms with Gasteiger partial charge in [-0.25, -0.2) is 4.39 Å². The van der Waals surface area contributed by atoms with E-state index in [4.69, 9.17) is 11.6 Å². The predicted molar refractivity (Wildman–Crippen MR) is 91.5 cm³/mol. The molecule has 1 heterocycles. The first-order valence-electron chi connectivity index (χ1n) is 7.00. The lowest BCUT2D eigenvalue weighted by atomic mass is 9.98. The first-order chi connectivity index (χ1) is 11.1. The van der Waals surface area contributed by atoms with Crippen molar-refractivity contribution in [3.8, 4) is 0 Å². The molecule has 0 radical (unpaired) electrons. The van der Waals surface area contributed by atoms with Crippen LogP contribution in [-0.4, -0.2) is 5.91 Å². The number of hydrogen-bond donors (Lipinski definition) is 1. The van der Waals surface area contributed by atoms with E-state index in [2.05, 4.69) is 5.32 Å². The average Bonchev–Trinajstić information content (AvgIpc) is 3.01. The van der Waals surface area contributed by atoms with E-state index < -0.39 is 0 Å². The third kappa shape index (κ3) is 3.78. The van der Waals surface area contributed by atoms with Crippen LogP contribution in [0.1, 0.15) is 26.8 Å². The van der Waals surface area contributed by atoms with Crippen LogP contribution in [0.5, 0.6) is 0 Å². The first-order valence-corrected chi connectivity index (χ1v) is 8.19. The zero-order chi connectivity index (χ0) is 16.2. The van der Waals surface area contributed by atoms with Crippen molar-refractivity contribution in [3.63, 3.8) is 0 Å². The number of benzene rings is 2. The van der Waals surface area contributed by atoms with Gasteiger partial charge in [0.2, 0.25) is 0 Å². The zero-order valence-electron chi connectivity index (χ0n) is 12.0. The van der Waals surface area contributed by atoms with Crippen LogP contribution in [0.2, 0.25) is 4.34 Å². The molecule has 1 N–H and O–H groups in total. The number of rotatable bonds is 4. The van der Waals surface area contributed by atoms with E-state index in [-0.39, 0.29) is 17.8 Å². The molecule has 5 heteroatoms. The van der Waals surface area contributed by atoms with Crippen molar-refractivity contribution in [2.24, 2.45) is 0 Å². The lowest BCUT2D eigenvalue weighted by Crippen LogP contribution is -2.28. The third-order valence-corrected chi connectivity index (χ3v) is 4.64. The minimum Gasteiger partial charge on any atom is -0.340 e. The predicted octanol–water partition coefficient (Wildman–Crippen LogP) is 5.06. The second-order valence-electron chi connectivity index (χ2n) is 4.97. The second kappa shape index (κ2) is 6.94. The fourth-order valence-corrected chi connectivity index (χ4v) is 3.24. The van der Waals surface area contributed by atoms with Crippen molar-refractivity contribution in [2.75, 3.05) is 0 Å². The highest BCUT2D eigenvalue weighted by Gasteiger charge is 2.18. The maximum absolute atomic E-state index is 13.2. The number of thiophene rings is 1. The number of carbonyl (C=O) groups is 1. The molecule has 3 aromatic rings. The minimum atomic E-state index is -0.356. The Labute approximate surface area is 142 Å². The van der Waals surface area contributed by atoms with Gasteiger partial charge in [0.05, 0.1) is 15.3 Å². The SMILES string of the molecule is O=C(NC(c1ccccc1)c1ccc(F)cc1)c1ccc(Cl)s1. The summed E-state index contributed by atoms with van der Waals surface area (Å²) in [6.45, 7) is 0. The summed E-state index contributed by atoms with van der Waals surface area (Å²) in [6, 6.07) is 18.7. The molecule has 0 saturated heterocycles. The summed E-state index contributed by atoms with van der Waals surface area (Å²) in [5.74, 6) is -0.517. The molecule has 2 aromatic carbocycles. The Morgan fingerprint density at radius 2 is 1.61 bits per heavy atom. The van der Waals surface area contributed by atoms with Gasteiger partial charge >= 0.3 is 0 Å². The van der Waals surface area contributed by atoms with Crippen LogP contribution in [0, 0.1) is 5.82 Å². The normalized spacial score (nSPS) is 11.9. The quantitative estimate of drug-likeness (QED) is 0.703. The van der Waals surface area contributed by atoms with E-state index in [0.29, 0.717) is 9.21 Å². The van der Waals surface area contributed by atoms with E-state index in [9.17, 15) is 9.18 Å². The van der Waals surface area contributed by atoms with E-state index in [1.54, 1.807) is 24.3 Å². The summed E-state index contributed by atoms with van der Waals surface area (Å²) in [7, 11) is 0. The fourth-order valence-electron chi connectivity index (χ4n) is 2.30. The van der Waals surface area contributed by atoms with Gasteiger partial charge in [0.15, 0.2) is 0 Å². The summed E-state index contributed by atoms with van der Waals surface area (Å²) in [6.07, 6.45) is 0. The topological polar surface area (TPSA) is 29.1 Å². The highest BCUT2D eigenvalue weighted by atomic mass is 35.5. The molecule has 0 aliphatic rings. The molecule has 23 heavy (non-hydrogen) atoms. The van der Waals surface area contributed by atoms with Crippen LogP contribution in [0.3, 0.4) is 0 Å². The van der Waals surface area contributed by atoms with Gasteiger partial charge in [-0.15, -0.1) is 11.3 Å². The van der Waals surface area contributed by atoms with Crippen LogP contribution < -0.4 is 5.32 Å². The smallest absolute Gasteiger partial charge is 0.262 e. The van der Waals surface area contributed by atoms with Gasteiger partial charge in [0.25, 0.3) is 5.91 Å². The highest BCUT2D eigenvalue weighted by Crippen LogP contribution is 2.25. The van der Waals surface area contributed by atoms with Gasteiger partial charge in [-0.05, 0) is 35.4 Å². The molecule has 0 aliphatic carbocycles. The van der Waals surface area contributed by atoms with Gasteiger partial charge < -0.3 is 5.32 Å². The highest BCUT2D eigenvalue weighted by molar-refractivity contribution is 7.18. The maximum Gasteiger partial charge on any atom is 0.262 e. The molecule has 0 aliphatic heterocycles. The molecule has 1 unspecified atom stereocenters. The summed E-state index contributed by atoms with van der Waals surface area (Å²) in [4.78, 5) is 13.0. The second-order valence-corrected chi connectivity index (χ2v) is 6.69. The fraction of sp³-hybridized carbons (Fsp3) is 0.0556. The molecule has 0 spiro atoms. The monoisotopic (exact) mass is 345 g/mol. The van der Waals surface area contributed by atoms with Gasteiger partial charge in [-0.3, -0.25) is 4.79 Å². The number of halogens is 2. The largest absolute Gasteiger partial charge is 0.340 e. The first kappa shape index (κ1) is 15.7. The van der Waals surface area contributed by atoms with Crippen molar-refractivity contribution < 1.29 is 9.18 Å². The molecule has 1 atom stereocenters. The molecule has 0 saturated carbocycles. The zero-order valence-corrected chi connectivity index (χ0v) is 13.6.